The van der Waals surface area contributed by atoms with Gasteiger partial charge in [-0.15, -0.1) is 10.2 Å². The van der Waals surface area contributed by atoms with Gasteiger partial charge in [-0.1, -0.05) is 30.3 Å². The van der Waals surface area contributed by atoms with Crippen LogP contribution in [-0.4, -0.2) is 38.7 Å². The van der Waals surface area contributed by atoms with Crippen molar-refractivity contribution in [2.24, 2.45) is 0 Å². The van der Waals surface area contributed by atoms with Gasteiger partial charge in [0.05, 0.1) is 19.2 Å². The highest BCUT2D eigenvalue weighted by Gasteiger charge is 2.30. The smallest absolute Gasteiger partial charge is 0.254 e. The van der Waals surface area contributed by atoms with E-state index in [9.17, 15) is 4.79 Å². The van der Waals surface area contributed by atoms with E-state index in [1.807, 2.05) is 41.3 Å². The summed E-state index contributed by atoms with van der Waals surface area (Å²) < 4.78 is 7.74. The molecular weight excluding hydrogens is 352 g/mol. The first-order valence-electron chi connectivity index (χ1n) is 9.70. The Morgan fingerprint density at radius 2 is 2.04 bits per heavy atom. The third-order valence-electron chi connectivity index (χ3n) is 5.52. The van der Waals surface area contributed by atoms with E-state index in [1.54, 1.807) is 0 Å². The summed E-state index contributed by atoms with van der Waals surface area (Å²) in [5, 5.41) is 8.80. The number of hydrogen-bond acceptors (Lipinski definition) is 4. The third-order valence-corrected chi connectivity index (χ3v) is 5.52. The average Bonchev–Trinajstić information content (AvgIpc) is 3.35. The topological polar surface area (TPSA) is 60.3 Å². The number of carbonyl (C=O) groups is 1. The molecule has 0 fully saturated rings. The number of amides is 1. The highest BCUT2D eigenvalue weighted by Crippen LogP contribution is 2.28. The maximum atomic E-state index is 13.1. The quantitative estimate of drug-likeness (QED) is 0.707. The molecule has 1 atom stereocenters. The van der Waals surface area contributed by atoms with Gasteiger partial charge in [-0.2, -0.15) is 0 Å². The van der Waals surface area contributed by atoms with Crippen molar-refractivity contribution < 1.29 is 9.53 Å². The van der Waals surface area contributed by atoms with Crippen LogP contribution in [0.4, 0.5) is 0 Å². The zero-order valence-electron chi connectivity index (χ0n) is 15.8. The van der Waals surface area contributed by atoms with Crippen LogP contribution in [0.3, 0.4) is 0 Å². The van der Waals surface area contributed by atoms with Gasteiger partial charge in [0.15, 0.2) is 5.82 Å². The van der Waals surface area contributed by atoms with Crippen molar-refractivity contribution in [3.05, 3.63) is 76.9 Å². The zero-order valence-corrected chi connectivity index (χ0v) is 15.8. The van der Waals surface area contributed by atoms with Gasteiger partial charge in [-0.25, -0.2) is 0 Å². The number of fused-ring (bicyclic) bond motifs is 2. The Morgan fingerprint density at radius 3 is 2.89 bits per heavy atom. The monoisotopic (exact) mass is 374 g/mol. The van der Waals surface area contributed by atoms with Crippen LogP contribution in [0.25, 0.3) is 0 Å². The zero-order chi connectivity index (χ0) is 19.1. The van der Waals surface area contributed by atoms with Gasteiger partial charge in [0.25, 0.3) is 5.91 Å². The molecule has 1 aromatic heterocycles. The second-order valence-electron chi connectivity index (χ2n) is 7.52. The molecule has 1 amide bonds. The molecule has 0 spiro atoms. The molecule has 28 heavy (non-hydrogen) atoms. The lowest BCUT2D eigenvalue weighted by Crippen LogP contribution is -2.40. The highest BCUT2D eigenvalue weighted by atomic mass is 16.5. The summed E-state index contributed by atoms with van der Waals surface area (Å²) in [5.74, 6) is 2.74. The van der Waals surface area contributed by atoms with E-state index in [1.165, 1.54) is 5.56 Å². The Bertz CT molecular complexity index is 1030. The number of aromatic nitrogens is 3. The summed E-state index contributed by atoms with van der Waals surface area (Å²) in [6.07, 6.45) is 1.61. The van der Waals surface area contributed by atoms with Crippen LogP contribution in [0.5, 0.6) is 5.75 Å². The first-order chi connectivity index (χ1) is 13.7. The van der Waals surface area contributed by atoms with E-state index >= 15 is 0 Å². The van der Waals surface area contributed by atoms with Gasteiger partial charge in [-0.05, 0) is 36.2 Å². The van der Waals surface area contributed by atoms with Crippen molar-refractivity contribution in [3.63, 3.8) is 0 Å². The van der Waals surface area contributed by atoms with Gasteiger partial charge < -0.3 is 14.2 Å². The predicted octanol–water partition coefficient (Wildman–Crippen LogP) is 3.02. The molecule has 3 heterocycles. The summed E-state index contributed by atoms with van der Waals surface area (Å²) in [6.45, 7) is 3.95. The molecule has 0 saturated carbocycles. The molecule has 142 valence electrons. The van der Waals surface area contributed by atoms with Gasteiger partial charge in [-0.3, -0.25) is 4.79 Å². The van der Waals surface area contributed by atoms with E-state index in [0.29, 0.717) is 25.3 Å². The molecular formula is C22H22N4O2. The molecule has 0 radical (unpaired) electrons. The Kier molecular flexibility index (Phi) is 4.11. The molecule has 2 aliphatic heterocycles. The predicted molar refractivity (Wildman–Crippen MR) is 104 cm³/mol. The number of carbonyl (C=O) groups excluding carboxylic acids is 1. The van der Waals surface area contributed by atoms with Crippen LogP contribution >= 0.6 is 0 Å². The molecule has 3 aromatic rings. The molecule has 0 bridgehead atoms. The molecule has 6 nitrogen and oxygen atoms in total. The standard InChI is InChI=1S/C22H22N4O2/c1-15-13-25(22(27)18-7-8-19-17(12-18)9-10-28-19)14-21-24-23-20(26(15)21)11-16-5-3-2-4-6-16/h2-8,12,15H,9-11,13-14H2,1H3/t15-/m0/s1. The Hall–Kier alpha value is -3.15. The molecule has 2 aliphatic rings. The summed E-state index contributed by atoms with van der Waals surface area (Å²) in [7, 11) is 0. The fourth-order valence-corrected chi connectivity index (χ4v) is 4.17. The van der Waals surface area contributed by atoms with E-state index in [4.69, 9.17) is 4.74 Å². The largest absolute Gasteiger partial charge is 0.493 e. The number of nitrogens with zero attached hydrogens (tertiary/aromatic N) is 4. The van der Waals surface area contributed by atoms with Crippen LogP contribution in [0, 0.1) is 0 Å². The second-order valence-corrected chi connectivity index (χ2v) is 7.52. The van der Waals surface area contributed by atoms with E-state index in [-0.39, 0.29) is 11.9 Å². The second kappa shape index (κ2) is 6.78. The average molecular weight is 374 g/mol. The van der Waals surface area contributed by atoms with Crippen molar-refractivity contribution >= 4 is 5.91 Å². The third kappa shape index (κ3) is 2.95. The van der Waals surface area contributed by atoms with Crippen molar-refractivity contribution in [1.82, 2.24) is 19.7 Å². The number of ether oxygens (including phenoxy) is 1. The van der Waals surface area contributed by atoms with Gasteiger partial charge in [0, 0.05) is 24.9 Å². The van der Waals surface area contributed by atoms with Crippen molar-refractivity contribution in [1.29, 1.82) is 0 Å². The Morgan fingerprint density at radius 1 is 1.18 bits per heavy atom. The molecule has 6 heteroatoms. The van der Waals surface area contributed by atoms with Gasteiger partial charge >= 0.3 is 0 Å². The summed E-state index contributed by atoms with van der Waals surface area (Å²) in [6, 6.07) is 16.2. The first kappa shape index (κ1) is 17.0. The van der Waals surface area contributed by atoms with Crippen molar-refractivity contribution in [2.75, 3.05) is 13.2 Å². The molecule has 0 aliphatic carbocycles. The summed E-state index contributed by atoms with van der Waals surface area (Å²) in [4.78, 5) is 15.0. The molecule has 2 aromatic carbocycles. The van der Waals surface area contributed by atoms with E-state index < -0.39 is 0 Å². The van der Waals surface area contributed by atoms with Crippen LogP contribution in [0.1, 0.15) is 46.1 Å². The fourth-order valence-electron chi connectivity index (χ4n) is 4.17. The van der Waals surface area contributed by atoms with E-state index in [2.05, 4.69) is 33.8 Å². The maximum absolute atomic E-state index is 13.1. The molecule has 0 N–H and O–H groups in total. The minimum Gasteiger partial charge on any atom is -0.493 e. The van der Waals surface area contributed by atoms with E-state index in [0.717, 1.165) is 35.8 Å². The highest BCUT2D eigenvalue weighted by molar-refractivity contribution is 5.94. The van der Waals surface area contributed by atoms with Crippen LogP contribution < -0.4 is 4.74 Å². The fraction of sp³-hybridized carbons (Fsp3) is 0.318. The van der Waals surface area contributed by atoms with Gasteiger partial charge in [0.2, 0.25) is 0 Å². The van der Waals surface area contributed by atoms with Crippen LogP contribution in [0.15, 0.2) is 48.5 Å². The van der Waals surface area contributed by atoms with Crippen molar-refractivity contribution in [3.8, 4) is 5.75 Å². The minimum atomic E-state index is 0.0420. The van der Waals surface area contributed by atoms with Crippen LogP contribution in [-0.2, 0) is 19.4 Å². The maximum Gasteiger partial charge on any atom is 0.254 e. The normalized spacial score (nSPS) is 17.8. The lowest BCUT2D eigenvalue weighted by Gasteiger charge is -2.32. The lowest BCUT2D eigenvalue weighted by atomic mass is 10.1. The Labute approximate surface area is 163 Å². The number of benzene rings is 2. The summed E-state index contributed by atoms with van der Waals surface area (Å²) >= 11 is 0. The minimum absolute atomic E-state index is 0.0420. The number of rotatable bonds is 3. The number of hydrogen-bond donors (Lipinski definition) is 0. The molecule has 5 rings (SSSR count). The lowest BCUT2D eigenvalue weighted by molar-refractivity contribution is 0.0679. The summed E-state index contributed by atoms with van der Waals surface area (Å²) in [5.41, 5.74) is 3.04. The first-order valence-corrected chi connectivity index (χ1v) is 9.70. The molecule has 0 saturated heterocycles. The van der Waals surface area contributed by atoms with Gasteiger partial charge in [0.1, 0.15) is 11.6 Å². The van der Waals surface area contributed by atoms with Crippen molar-refractivity contribution in [2.45, 2.75) is 32.4 Å². The SMILES string of the molecule is C[C@H]1CN(C(=O)c2ccc3c(c2)CCO3)Cc2nnc(Cc3ccccc3)n21. The van der Waals surface area contributed by atoms with Crippen LogP contribution in [0.2, 0.25) is 0 Å². The Balaban J connectivity index is 1.38. The molecule has 0 unspecified atom stereocenters.